The van der Waals surface area contributed by atoms with Crippen LogP contribution in [0.1, 0.15) is 25.7 Å². The lowest BCUT2D eigenvalue weighted by molar-refractivity contribution is 0.286. The van der Waals surface area contributed by atoms with Crippen molar-refractivity contribution in [2.45, 2.75) is 30.9 Å². The lowest BCUT2D eigenvalue weighted by Crippen LogP contribution is -2.37. The summed E-state index contributed by atoms with van der Waals surface area (Å²) >= 11 is 0. The molecule has 84 valence electrons. The molecule has 4 nitrogen and oxygen atoms in total. The van der Waals surface area contributed by atoms with Crippen LogP contribution in [-0.2, 0) is 9.84 Å². The molecule has 1 unspecified atom stereocenters. The van der Waals surface area contributed by atoms with Gasteiger partial charge in [-0.25, -0.2) is 8.42 Å². The Balaban J connectivity index is 2.28. The molecule has 0 aliphatic carbocycles. The van der Waals surface area contributed by atoms with Crippen molar-refractivity contribution in [2.75, 3.05) is 25.4 Å². The number of hydrogen-bond acceptors (Lipinski definition) is 4. The Labute approximate surface area is 85.6 Å². The van der Waals surface area contributed by atoms with Gasteiger partial charge in [-0.05, 0) is 25.8 Å². The molecule has 0 saturated carbocycles. The van der Waals surface area contributed by atoms with Gasteiger partial charge in [0.05, 0.1) is 11.0 Å². The molecular weight excluding hydrogens is 202 g/mol. The number of sulfone groups is 1. The van der Waals surface area contributed by atoms with Gasteiger partial charge in [0.15, 0.2) is 9.84 Å². The molecule has 1 atom stereocenters. The number of aliphatic hydroxyl groups excluding tert-OH is 1. The van der Waals surface area contributed by atoms with Crippen molar-refractivity contribution in [3.63, 3.8) is 0 Å². The van der Waals surface area contributed by atoms with E-state index in [9.17, 15) is 8.42 Å². The van der Waals surface area contributed by atoms with E-state index in [-0.39, 0.29) is 11.9 Å². The average Bonchev–Trinajstić information content (AvgIpc) is 2.14. The van der Waals surface area contributed by atoms with E-state index in [2.05, 4.69) is 5.32 Å². The predicted octanol–water partition coefficient (Wildman–Crippen LogP) is -0.0743. The molecule has 1 aliphatic heterocycles. The van der Waals surface area contributed by atoms with E-state index in [0.29, 0.717) is 25.3 Å². The number of aliphatic hydroxyl groups is 1. The fourth-order valence-corrected chi connectivity index (χ4v) is 3.56. The highest BCUT2D eigenvalue weighted by Crippen LogP contribution is 2.18. The zero-order valence-corrected chi connectivity index (χ0v) is 9.22. The molecule has 1 rings (SSSR count). The predicted molar refractivity (Wildman–Crippen MR) is 56.0 cm³/mol. The minimum Gasteiger partial charge on any atom is -0.396 e. The summed E-state index contributed by atoms with van der Waals surface area (Å²) in [6.45, 7) is 1.40. The Morgan fingerprint density at radius 3 is 2.79 bits per heavy atom. The van der Waals surface area contributed by atoms with Crippen LogP contribution in [0.2, 0.25) is 0 Å². The molecule has 0 spiro atoms. The summed E-state index contributed by atoms with van der Waals surface area (Å²) in [5.41, 5.74) is 0. The zero-order chi connectivity index (χ0) is 10.4. The fourth-order valence-electron chi connectivity index (χ4n) is 1.72. The maximum absolute atomic E-state index is 11.6. The lowest BCUT2D eigenvalue weighted by atomic mass is 10.2. The van der Waals surface area contributed by atoms with E-state index in [1.807, 2.05) is 0 Å². The van der Waals surface area contributed by atoms with Gasteiger partial charge >= 0.3 is 0 Å². The van der Waals surface area contributed by atoms with Crippen LogP contribution in [0, 0.1) is 0 Å². The van der Waals surface area contributed by atoms with E-state index >= 15 is 0 Å². The van der Waals surface area contributed by atoms with E-state index in [4.69, 9.17) is 5.11 Å². The average molecular weight is 221 g/mol. The van der Waals surface area contributed by atoms with Gasteiger partial charge in [-0.15, -0.1) is 0 Å². The van der Waals surface area contributed by atoms with Gasteiger partial charge < -0.3 is 10.4 Å². The Morgan fingerprint density at radius 1 is 1.36 bits per heavy atom. The van der Waals surface area contributed by atoms with Crippen molar-refractivity contribution in [2.24, 2.45) is 0 Å². The van der Waals surface area contributed by atoms with Crippen LogP contribution in [0.15, 0.2) is 0 Å². The minimum atomic E-state index is -2.84. The lowest BCUT2D eigenvalue weighted by Gasteiger charge is -2.22. The van der Waals surface area contributed by atoms with E-state index < -0.39 is 9.84 Å². The summed E-state index contributed by atoms with van der Waals surface area (Å²) in [5.74, 6) is 0.347. The molecule has 0 aromatic carbocycles. The largest absolute Gasteiger partial charge is 0.396 e. The monoisotopic (exact) mass is 221 g/mol. The van der Waals surface area contributed by atoms with Crippen molar-refractivity contribution < 1.29 is 13.5 Å². The summed E-state index contributed by atoms with van der Waals surface area (Å²) in [5, 5.41) is 11.4. The van der Waals surface area contributed by atoms with E-state index in [1.165, 1.54) is 0 Å². The topological polar surface area (TPSA) is 66.4 Å². The maximum Gasteiger partial charge on any atom is 0.154 e. The SMILES string of the molecule is O=S1(=O)CCCCC1CNCCCO. The highest BCUT2D eigenvalue weighted by Gasteiger charge is 2.27. The van der Waals surface area contributed by atoms with Crippen LogP contribution in [-0.4, -0.2) is 44.2 Å². The zero-order valence-electron chi connectivity index (χ0n) is 8.41. The standard InChI is InChI=1S/C9H19NO3S/c11-6-3-5-10-8-9-4-1-2-7-14(9,12)13/h9-11H,1-8H2. The summed E-state index contributed by atoms with van der Waals surface area (Å²) in [4.78, 5) is 0. The second-order valence-corrected chi connectivity index (χ2v) is 6.17. The molecule has 0 aromatic rings. The Hall–Kier alpha value is -0.130. The molecule has 0 aromatic heterocycles. The highest BCUT2D eigenvalue weighted by atomic mass is 32.2. The van der Waals surface area contributed by atoms with Gasteiger partial charge in [0.2, 0.25) is 0 Å². The molecule has 0 amide bonds. The first-order valence-electron chi connectivity index (χ1n) is 5.20. The second-order valence-electron chi connectivity index (χ2n) is 3.77. The third kappa shape index (κ3) is 3.55. The molecule has 1 heterocycles. The smallest absolute Gasteiger partial charge is 0.154 e. The van der Waals surface area contributed by atoms with Crippen molar-refractivity contribution in [3.05, 3.63) is 0 Å². The summed E-state index contributed by atoms with van der Waals surface area (Å²) < 4.78 is 23.1. The third-order valence-electron chi connectivity index (χ3n) is 2.60. The van der Waals surface area contributed by atoms with Crippen LogP contribution >= 0.6 is 0 Å². The number of rotatable bonds is 5. The highest BCUT2D eigenvalue weighted by molar-refractivity contribution is 7.92. The van der Waals surface area contributed by atoms with Crippen LogP contribution < -0.4 is 5.32 Å². The van der Waals surface area contributed by atoms with Gasteiger partial charge in [0.1, 0.15) is 0 Å². The van der Waals surface area contributed by atoms with Crippen molar-refractivity contribution >= 4 is 9.84 Å². The van der Waals surface area contributed by atoms with Crippen LogP contribution in [0.25, 0.3) is 0 Å². The normalized spacial score (nSPS) is 26.2. The van der Waals surface area contributed by atoms with Gasteiger partial charge in [-0.3, -0.25) is 0 Å². The molecule has 1 aliphatic rings. The molecule has 0 radical (unpaired) electrons. The number of hydrogen-bond donors (Lipinski definition) is 2. The van der Waals surface area contributed by atoms with Gasteiger partial charge in [-0.2, -0.15) is 0 Å². The van der Waals surface area contributed by atoms with Gasteiger partial charge in [0, 0.05) is 13.2 Å². The summed E-state index contributed by atoms with van der Waals surface area (Å²) in [6.07, 6.45) is 3.31. The maximum atomic E-state index is 11.6. The Bertz CT molecular complexity index is 251. The first-order chi connectivity index (χ1) is 6.67. The van der Waals surface area contributed by atoms with E-state index in [0.717, 1.165) is 19.3 Å². The van der Waals surface area contributed by atoms with Crippen molar-refractivity contribution in [1.82, 2.24) is 5.32 Å². The molecule has 0 bridgehead atoms. The van der Waals surface area contributed by atoms with Crippen molar-refractivity contribution in [1.29, 1.82) is 0 Å². The first-order valence-corrected chi connectivity index (χ1v) is 6.91. The third-order valence-corrected chi connectivity index (χ3v) is 4.87. The quantitative estimate of drug-likeness (QED) is 0.638. The summed E-state index contributed by atoms with van der Waals surface area (Å²) in [6, 6.07) is 0. The molecule has 5 heteroatoms. The van der Waals surface area contributed by atoms with Crippen LogP contribution in [0.3, 0.4) is 0 Å². The number of nitrogens with one attached hydrogen (secondary N) is 1. The first kappa shape index (κ1) is 11.9. The van der Waals surface area contributed by atoms with Crippen LogP contribution in [0.5, 0.6) is 0 Å². The Morgan fingerprint density at radius 2 is 2.14 bits per heavy atom. The molecule has 1 fully saturated rings. The Kier molecular flexibility index (Phi) is 4.84. The van der Waals surface area contributed by atoms with Gasteiger partial charge in [0.25, 0.3) is 0 Å². The van der Waals surface area contributed by atoms with Gasteiger partial charge in [-0.1, -0.05) is 6.42 Å². The molecule has 2 N–H and O–H groups in total. The summed E-state index contributed by atoms with van der Waals surface area (Å²) in [7, 11) is -2.84. The molecule has 1 saturated heterocycles. The van der Waals surface area contributed by atoms with Crippen LogP contribution in [0.4, 0.5) is 0 Å². The van der Waals surface area contributed by atoms with E-state index in [1.54, 1.807) is 0 Å². The fraction of sp³-hybridized carbons (Fsp3) is 1.00. The molecule has 14 heavy (non-hydrogen) atoms. The second kappa shape index (κ2) is 5.68. The minimum absolute atomic E-state index is 0.157. The molecular formula is C9H19NO3S. The van der Waals surface area contributed by atoms with Crippen molar-refractivity contribution in [3.8, 4) is 0 Å².